The number of anilines is 2. The monoisotopic (exact) mass is 436 g/mol. The highest BCUT2D eigenvalue weighted by Crippen LogP contribution is 2.42. The molecule has 7 heteroatoms. The van der Waals surface area contributed by atoms with Gasteiger partial charge in [-0.1, -0.05) is 18.2 Å². The Morgan fingerprint density at radius 2 is 2.12 bits per heavy atom. The Labute approximate surface area is 191 Å². The Kier molecular flexibility index (Phi) is 5.06. The lowest BCUT2D eigenvalue weighted by Crippen LogP contribution is -2.15. The van der Waals surface area contributed by atoms with Gasteiger partial charge in [0.2, 0.25) is 5.91 Å². The highest BCUT2D eigenvalue weighted by atomic mass is 16.2. The highest BCUT2D eigenvalue weighted by molar-refractivity contribution is 6.01. The first-order valence-corrected chi connectivity index (χ1v) is 10.9. The maximum Gasteiger partial charge on any atom is 0.228 e. The predicted molar refractivity (Wildman–Crippen MR) is 129 cm³/mol. The molecule has 164 valence electrons. The molecule has 2 atom stereocenters. The third-order valence-electron chi connectivity index (χ3n) is 6.31. The van der Waals surface area contributed by atoms with Gasteiger partial charge in [-0.3, -0.25) is 9.48 Å². The number of aromatic nitrogens is 3. The number of pyridine rings is 1. The molecule has 0 spiro atoms. The van der Waals surface area contributed by atoms with E-state index in [0.717, 1.165) is 45.0 Å². The molecule has 5 rings (SSSR count). The second kappa shape index (κ2) is 8.06. The summed E-state index contributed by atoms with van der Waals surface area (Å²) in [5.41, 5.74) is 12.4. The lowest BCUT2D eigenvalue weighted by atomic mass is 9.91. The van der Waals surface area contributed by atoms with Crippen molar-refractivity contribution >= 4 is 28.2 Å². The number of aryl methyl sites for hydroxylation is 2. The molecular weight excluding hydrogens is 412 g/mol. The van der Waals surface area contributed by atoms with E-state index in [-0.39, 0.29) is 17.7 Å². The van der Waals surface area contributed by atoms with Crippen molar-refractivity contribution in [2.75, 3.05) is 11.1 Å². The number of hydrogen-bond donors (Lipinski definition) is 2. The molecule has 4 aromatic rings. The smallest absolute Gasteiger partial charge is 0.228 e. The van der Waals surface area contributed by atoms with Gasteiger partial charge in [0.1, 0.15) is 5.82 Å². The van der Waals surface area contributed by atoms with Crippen LogP contribution in [-0.2, 0) is 11.8 Å². The number of carbonyl (C=O) groups is 1. The molecule has 33 heavy (non-hydrogen) atoms. The van der Waals surface area contributed by atoms with Crippen molar-refractivity contribution in [3.8, 4) is 28.3 Å². The van der Waals surface area contributed by atoms with E-state index in [0.29, 0.717) is 17.9 Å². The van der Waals surface area contributed by atoms with Crippen LogP contribution >= 0.6 is 0 Å². The number of benzene rings is 2. The number of carbonyl (C=O) groups excluding carboxylic acids is 1. The number of rotatable bonds is 5. The molecule has 1 aliphatic carbocycles. The van der Waals surface area contributed by atoms with Gasteiger partial charge < -0.3 is 11.1 Å². The van der Waals surface area contributed by atoms with Crippen LogP contribution in [0.25, 0.3) is 33.0 Å². The molecule has 1 fully saturated rings. The molecule has 1 saturated carbocycles. The van der Waals surface area contributed by atoms with E-state index in [1.165, 1.54) is 0 Å². The van der Waals surface area contributed by atoms with Crippen LogP contribution in [0.4, 0.5) is 11.5 Å². The molecule has 0 radical (unpaired) electrons. The van der Waals surface area contributed by atoms with Gasteiger partial charge in [0.05, 0.1) is 12.3 Å². The maximum atomic E-state index is 12.5. The number of nitriles is 1. The van der Waals surface area contributed by atoms with Crippen LogP contribution in [0.2, 0.25) is 0 Å². The Bertz CT molecular complexity index is 1430. The molecule has 0 aliphatic heterocycles. The SMILES string of the molecule is Cc1cccc(-c2cnn(C)c2)c1-c1cc(N)c2cnc(NC(=O)[C@H]3C[C@@H]3CC#N)cc2c1. The fraction of sp³-hybridized carbons (Fsp3) is 0.231. The number of nitrogens with zero attached hydrogens (tertiary/aromatic N) is 4. The molecule has 0 bridgehead atoms. The summed E-state index contributed by atoms with van der Waals surface area (Å²) in [5, 5.41) is 17.8. The number of nitrogen functional groups attached to an aromatic ring is 1. The van der Waals surface area contributed by atoms with Crippen molar-refractivity contribution in [3.05, 3.63) is 60.6 Å². The van der Waals surface area contributed by atoms with Crippen molar-refractivity contribution in [2.24, 2.45) is 18.9 Å². The molecule has 2 heterocycles. The van der Waals surface area contributed by atoms with E-state index in [4.69, 9.17) is 11.0 Å². The van der Waals surface area contributed by atoms with E-state index in [1.807, 2.05) is 37.6 Å². The topological polar surface area (TPSA) is 110 Å². The standard InChI is InChI=1S/C26H24N6O/c1-15-4-3-5-20(19-12-30-32(2)14-19)25(15)18-8-17-11-24(29-13-22(17)23(28)10-18)31-26(33)21-9-16(21)6-7-27/h3-5,8,10-14,16,21H,6,9,28H2,1-2H3,(H,29,31,33)/t16-,21-/m0/s1. The predicted octanol–water partition coefficient (Wildman–Crippen LogP) is 4.68. The molecule has 3 N–H and O–H groups in total. The molecule has 1 amide bonds. The highest BCUT2D eigenvalue weighted by Gasteiger charge is 2.42. The first-order valence-electron chi connectivity index (χ1n) is 10.9. The minimum Gasteiger partial charge on any atom is -0.398 e. The van der Waals surface area contributed by atoms with Crippen molar-refractivity contribution in [1.82, 2.24) is 14.8 Å². The zero-order chi connectivity index (χ0) is 23.1. The van der Waals surface area contributed by atoms with Gasteiger partial charge in [-0.05, 0) is 65.1 Å². The second-order valence-electron chi connectivity index (χ2n) is 8.71. The number of hydrogen-bond acceptors (Lipinski definition) is 5. The minimum absolute atomic E-state index is 0.0796. The zero-order valence-corrected chi connectivity index (χ0v) is 18.5. The largest absolute Gasteiger partial charge is 0.398 e. The number of amides is 1. The number of nitrogens with two attached hydrogens (primary N) is 1. The Morgan fingerprint density at radius 3 is 2.88 bits per heavy atom. The van der Waals surface area contributed by atoms with Crippen LogP contribution in [-0.4, -0.2) is 20.7 Å². The van der Waals surface area contributed by atoms with Crippen LogP contribution in [0.3, 0.4) is 0 Å². The Balaban J connectivity index is 1.53. The lowest BCUT2D eigenvalue weighted by Gasteiger charge is -2.15. The van der Waals surface area contributed by atoms with Gasteiger partial charge >= 0.3 is 0 Å². The fourth-order valence-corrected chi connectivity index (χ4v) is 4.48. The molecule has 0 saturated heterocycles. The minimum atomic E-state index is -0.104. The molecule has 0 unspecified atom stereocenters. The summed E-state index contributed by atoms with van der Waals surface area (Å²) in [4.78, 5) is 16.9. The maximum absolute atomic E-state index is 12.5. The molecule has 2 aromatic carbocycles. The van der Waals surface area contributed by atoms with Gasteiger partial charge in [-0.25, -0.2) is 4.98 Å². The first-order chi connectivity index (χ1) is 15.9. The summed E-state index contributed by atoms with van der Waals surface area (Å²) < 4.78 is 1.79. The molecular formula is C26H24N6O. The average molecular weight is 437 g/mol. The van der Waals surface area contributed by atoms with E-state index in [1.54, 1.807) is 10.9 Å². The average Bonchev–Trinajstić information content (AvgIpc) is 3.43. The van der Waals surface area contributed by atoms with Gasteiger partial charge in [0, 0.05) is 48.4 Å². The molecule has 1 aliphatic rings. The van der Waals surface area contributed by atoms with Crippen LogP contribution in [0, 0.1) is 30.1 Å². The van der Waals surface area contributed by atoms with E-state index < -0.39 is 0 Å². The van der Waals surface area contributed by atoms with Crippen molar-refractivity contribution in [3.63, 3.8) is 0 Å². The summed E-state index contributed by atoms with van der Waals surface area (Å²) in [5.74, 6) is 0.463. The van der Waals surface area contributed by atoms with Gasteiger partial charge in [0.25, 0.3) is 0 Å². The summed E-state index contributed by atoms with van der Waals surface area (Å²) >= 11 is 0. The Morgan fingerprint density at radius 1 is 1.27 bits per heavy atom. The van der Waals surface area contributed by atoms with Crippen molar-refractivity contribution < 1.29 is 4.79 Å². The summed E-state index contributed by atoms with van der Waals surface area (Å²) in [7, 11) is 1.90. The van der Waals surface area contributed by atoms with Crippen LogP contribution in [0.15, 0.2) is 55.0 Å². The second-order valence-corrected chi connectivity index (χ2v) is 8.71. The van der Waals surface area contributed by atoms with Crippen LogP contribution < -0.4 is 11.1 Å². The van der Waals surface area contributed by atoms with Gasteiger partial charge in [0.15, 0.2) is 0 Å². The molecule has 2 aromatic heterocycles. The number of fused-ring (bicyclic) bond motifs is 1. The van der Waals surface area contributed by atoms with E-state index in [2.05, 4.69) is 46.6 Å². The van der Waals surface area contributed by atoms with Crippen LogP contribution in [0.1, 0.15) is 18.4 Å². The van der Waals surface area contributed by atoms with Crippen LogP contribution in [0.5, 0.6) is 0 Å². The summed E-state index contributed by atoms with van der Waals surface area (Å²) in [6, 6.07) is 14.3. The fourth-order valence-electron chi connectivity index (χ4n) is 4.48. The normalized spacial score (nSPS) is 17.0. The van der Waals surface area contributed by atoms with Gasteiger partial charge in [-0.15, -0.1) is 0 Å². The quantitative estimate of drug-likeness (QED) is 0.441. The molecule has 7 nitrogen and oxygen atoms in total. The Hall–Kier alpha value is -4.18. The van der Waals surface area contributed by atoms with E-state index >= 15 is 0 Å². The van der Waals surface area contributed by atoms with Crippen molar-refractivity contribution in [1.29, 1.82) is 5.26 Å². The summed E-state index contributed by atoms with van der Waals surface area (Å²) in [6.45, 7) is 2.08. The van der Waals surface area contributed by atoms with E-state index in [9.17, 15) is 4.79 Å². The zero-order valence-electron chi connectivity index (χ0n) is 18.5. The number of nitrogens with one attached hydrogen (secondary N) is 1. The first kappa shape index (κ1) is 20.7. The van der Waals surface area contributed by atoms with Gasteiger partial charge in [-0.2, -0.15) is 10.4 Å². The third kappa shape index (κ3) is 3.92. The third-order valence-corrected chi connectivity index (χ3v) is 6.31. The summed E-state index contributed by atoms with van der Waals surface area (Å²) in [6.07, 6.45) is 6.73. The van der Waals surface area contributed by atoms with Crippen molar-refractivity contribution in [2.45, 2.75) is 19.8 Å². The lowest BCUT2D eigenvalue weighted by molar-refractivity contribution is -0.117.